The van der Waals surface area contributed by atoms with Gasteiger partial charge in [0.25, 0.3) is 0 Å². The Morgan fingerprint density at radius 1 is 1.31 bits per heavy atom. The first-order valence-corrected chi connectivity index (χ1v) is 9.99. The third kappa shape index (κ3) is 3.61. The van der Waals surface area contributed by atoms with Gasteiger partial charge in [-0.2, -0.15) is 0 Å². The second-order valence-electron chi connectivity index (χ2n) is 8.14. The van der Waals surface area contributed by atoms with Crippen molar-refractivity contribution in [3.63, 3.8) is 0 Å². The third-order valence-corrected chi connectivity index (χ3v) is 5.92. The summed E-state index contributed by atoms with van der Waals surface area (Å²) in [5, 5.41) is 3.51. The first kappa shape index (κ1) is 17.8. The Hall–Kier alpha value is -1.57. The molecule has 2 fully saturated rings. The molecule has 3 N–H and O–H groups in total. The number of fused-ring (bicyclic) bond motifs is 1. The van der Waals surface area contributed by atoms with Gasteiger partial charge in [0.1, 0.15) is 11.9 Å². The molecule has 0 spiro atoms. The second-order valence-corrected chi connectivity index (χ2v) is 8.14. The first-order chi connectivity index (χ1) is 12.6. The van der Waals surface area contributed by atoms with Gasteiger partial charge in [0, 0.05) is 37.3 Å². The molecule has 4 rings (SSSR count). The van der Waals surface area contributed by atoms with Crippen molar-refractivity contribution in [3.8, 4) is 0 Å². The van der Waals surface area contributed by atoms with Crippen molar-refractivity contribution in [2.45, 2.75) is 70.6 Å². The summed E-state index contributed by atoms with van der Waals surface area (Å²) in [6.07, 6.45) is 7.19. The van der Waals surface area contributed by atoms with Crippen LogP contribution >= 0.6 is 0 Å². The molecule has 4 heterocycles. The Kier molecular flexibility index (Phi) is 5.20. The predicted molar refractivity (Wildman–Crippen MR) is 99.1 cm³/mol. The van der Waals surface area contributed by atoms with Gasteiger partial charge < -0.3 is 10.2 Å². The van der Waals surface area contributed by atoms with Gasteiger partial charge in [0.15, 0.2) is 0 Å². The van der Waals surface area contributed by atoms with Crippen molar-refractivity contribution in [1.29, 1.82) is 0 Å². The molecular formula is C19H30N6O. The van der Waals surface area contributed by atoms with Crippen LogP contribution in [0.5, 0.6) is 0 Å². The molecule has 3 aliphatic heterocycles. The predicted octanol–water partition coefficient (Wildman–Crippen LogP) is 1.07. The Bertz CT molecular complexity index is 657. The molecule has 0 aromatic carbocycles. The fourth-order valence-electron chi connectivity index (χ4n) is 4.16. The molecule has 1 amide bonds. The molecule has 7 nitrogen and oxygen atoms in total. The number of hydrazine groups is 1. The van der Waals surface area contributed by atoms with Gasteiger partial charge in [-0.25, -0.2) is 15.4 Å². The van der Waals surface area contributed by atoms with E-state index in [1.807, 2.05) is 11.1 Å². The highest BCUT2D eigenvalue weighted by atomic mass is 16.2. The number of hydrogen-bond acceptors (Lipinski definition) is 6. The molecule has 0 aliphatic carbocycles. The maximum Gasteiger partial charge on any atom is 0.241 e. The van der Waals surface area contributed by atoms with Crippen LogP contribution in [0.1, 0.15) is 62.7 Å². The third-order valence-electron chi connectivity index (χ3n) is 5.92. The highest BCUT2D eigenvalue weighted by molar-refractivity contribution is 5.82. The number of aromatic nitrogens is 2. The van der Waals surface area contributed by atoms with Crippen LogP contribution in [0.25, 0.3) is 0 Å². The molecule has 142 valence electrons. The highest BCUT2D eigenvalue weighted by Crippen LogP contribution is 2.24. The van der Waals surface area contributed by atoms with Crippen molar-refractivity contribution < 1.29 is 4.79 Å². The number of hydrogen-bond donors (Lipinski definition) is 3. The Morgan fingerprint density at radius 3 is 2.92 bits per heavy atom. The Balaban J connectivity index is 1.41. The van der Waals surface area contributed by atoms with Crippen molar-refractivity contribution in [2.24, 2.45) is 5.92 Å². The minimum Gasteiger partial charge on any atom is -0.336 e. The molecule has 2 saturated heterocycles. The van der Waals surface area contributed by atoms with Gasteiger partial charge in [-0.3, -0.25) is 10.2 Å². The van der Waals surface area contributed by atoms with E-state index in [-0.39, 0.29) is 18.0 Å². The number of nitrogens with one attached hydrogen (secondary N) is 3. The summed E-state index contributed by atoms with van der Waals surface area (Å²) in [6, 6.07) is 0.515. The van der Waals surface area contributed by atoms with Gasteiger partial charge in [-0.05, 0) is 31.7 Å². The summed E-state index contributed by atoms with van der Waals surface area (Å²) >= 11 is 0. The summed E-state index contributed by atoms with van der Waals surface area (Å²) in [5.74, 6) is 1.62. The molecule has 26 heavy (non-hydrogen) atoms. The second kappa shape index (κ2) is 7.58. The number of nitrogens with zero attached hydrogens (tertiary/aromatic N) is 3. The zero-order valence-electron chi connectivity index (χ0n) is 15.8. The Morgan fingerprint density at radius 2 is 2.19 bits per heavy atom. The SMILES string of the molecule is CC(C)C1CC(C(=O)N2CCc3nc(C4CCCCN4)ncc3C2)NN1. The molecule has 3 aliphatic rings. The van der Waals surface area contributed by atoms with Crippen LogP contribution < -0.4 is 16.2 Å². The largest absolute Gasteiger partial charge is 0.336 e. The molecular weight excluding hydrogens is 328 g/mol. The van der Waals surface area contributed by atoms with Crippen molar-refractivity contribution in [2.75, 3.05) is 13.1 Å². The van der Waals surface area contributed by atoms with Gasteiger partial charge >= 0.3 is 0 Å². The molecule has 3 unspecified atom stereocenters. The first-order valence-electron chi connectivity index (χ1n) is 9.99. The molecule has 0 bridgehead atoms. The van der Waals surface area contributed by atoms with Crippen LogP contribution in [0.3, 0.4) is 0 Å². The summed E-state index contributed by atoms with van der Waals surface area (Å²) < 4.78 is 0. The number of carbonyl (C=O) groups excluding carboxylic acids is 1. The number of amides is 1. The van der Waals surface area contributed by atoms with E-state index in [1.54, 1.807) is 0 Å². The molecule has 7 heteroatoms. The lowest BCUT2D eigenvalue weighted by Gasteiger charge is -2.31. The number of piperidine rings is 1. The zero-order chi connectivity index (χ0) is 18.1. The van der Waals surface area contributed by atoms with Gasteiger partial charge in [0.05, 0.1) is 11.7 Å². The van der Waals surface area contributed by atoms with E-state index in [1.165, 1.54) is 12.8 Å². The summed E-state index contributed by atoms with van der Waals surface area (Å²) in [5.41, 5.74) is 8.65. The summed E-state index contributed by atoms with van der Waals surface area (Å²) in [4.78, 5) is 24.2. The molecule has 1 aromatic rings. The number of carbonyl (C=O) groups is 1. The van der Waals surface area contributed by atoms with Crippen molar-refractivity contribution >= 4 is 5.91 Å². The maximum absolute atomic E-state index is 12.9. The molecule has 0 saturated carbocycles. The minimum absolute atomic E-state index is 0.129. The lowest BCUT2D eigenvalue weighted by molar-refractivity contribution is -0.134. The molecule has 1 aromatic heterocycles. The van der Waals surface area contributed by atoms with E-state index in [0.29, 0.717) is 18.5 Å². The summed E-state index contributed by atoms with van der Waals surface area (Å²) in [7, 11) is 0. The fourth-order valence-corrected chi connectivity index (χ4v) is 4.16. The average Bonchev–Trinajstić information content (AvgIpc) is 3.18. The fraction of sp³-hybridized carbons (Fsp3) is 0.737. The van der Waals surface area contributed by atoms with Crippen LogP contribution in [-0.4, -0.2) is 45.9 Å². The smallest absolute Gasteiger partial charge is 0.241 e. The van der Waals surface area contributed by atoms with Crippen LogP contribution in [0.2, 0.25) is 0 Å². The average molecular weight is 358 g/mol. The topological polar surface area (TPSA) is 82.2 Å². The van der Waals surface area contributed by atoms with E-state index >= 15 is 0 Å². The van der Waals surface area contributed by atoms with E-state index in [4.69, 9.17) is 4.98 Å². The van der Waals surface area contributed by atoms with E-state index in [2.05, 4.69) is 35.0 Å². The Labute approximate surface area is 155 Å². The van der Waals surface area contributed by atoms with Gasteiger partial charge in [-0.1, -0.05) is 20.3 Å². The van der Waals surface area contributed by atoms with E-state index < -0.39 is 0 Å². The van der Waals surface area contributed by atoms with Gasteiger partial charge in [-0.15, -0.1) is 0 Å². The van der Waals surface area contributed by atoms with Crippen LogP contribution in [0.15, 0.2) is 6.20 Å². The lowest BCUT2D eigenvalue weighted by Crippen LogP contribution is -2.47. The van der Waals surface area contributed by atoms with E-state index in [9.17, 15) is 4.79 Å². The minimum atomic E-state index is -0.129. The monoisotopic (exact) mass is 358 g/mol. The molecule has 3 atom stereocenters. The maximum atomic E-state index is 12.9. The van der Waals surface area contributed by atoms with Crippen LogP contribution in [0.4, 0.5) is 0 Å². The van der Waals surface area contributed by atoms with Gasteiger partial charge in [0.2, 0.25) is 5.91 Å². The zero-order valence-corrected chi connectivity index (χ0v) is 15.8. The van der Waals surface area contributed by atoms with Crippen molar-refractivity contribution in [3.05, 3.63) is 23.3 Å². The van der Waals surface area contributed by atoms with Crippen LogP contribution in [-0.2, 0) is 17.8 Å². The van der Waals surface area contributed by atoms with Crippen LogP contribution in [0, 0.1) is 5.92 Å². The van der Waals surface area contributed by atoms with Crippen molar-refractivity contribution in [1.82, 2.24) is 31.0 Å². The standard InChI is InChI=1S/C19H30N6O/c1-12(2)16-9-17(24-23-16)19(26)25-8-6-14-13(11-25)10-21-18(22-14)15-5-3-4-7-20-15/h10,12,15-17,20,23-24H,3-9,11H2,1-2H3. The quantitative estimate of drug-likeness (QED) is 0.750. The summed E-state index contributed by atoms with van der Waals surface area (Å²) in [6.45, 7) is 6.77. The lowest BCUT2D eigenvalue weighted by atomic mass is 9.98. The number of rotatable bonds is 3. The molecule has 0 radical (unpaired) electrons. The van der Waals surface area contributed by atoms with E-state index in [0.717, 1.165) is 49.4 Å². The normalized spacial score (nSPS) is 29.0. The highest BCUT2D eigenvalue weighted by Gasteiger charge is 2.34.